The molecule has 1 aromatic heterocycles. The second-order valence-corrected chi connectivity index (χ2v) is 5.96. The Morgan fingerprint density at radius 2 is 2.26 bits per heavy atom. The molecule has 2 heterocycles. The van der Waals surface area contributed by atoms with Crippen LogP contribution in [0.1, 0.15) is 23.2 Å². The summed E-state index contributed by atoms with van der Waals surface area (Å²) in [6, 6.07) is 8.25. The first-order valence-electron chi connectivity index (χ1n) is 8.07. The number of hydrogen-bond acceptors (Lipinski definition) is 3. The van der Waals surface area contributed by atoms with Crippen LogP contribution in [0.2, 0.25) is 0 Å². The van der Waals surface area contributed by atoms with Crippen molar-refractivity contribution in [3.05, 3.63) is 47.3 Å². The fourth-order valence-corrected chi connectivity index (χ4v) is 2.89. The average Bonchev–Trinajstić information content (AvgIpc) is 2.97. The lowest BCUT2D eigenvalue weighted by Crippen LogP contribution is -2.48. The molecule has 122 valence electrons. The zero-order valence-electron chi connectivity index (χ0n) is 13.4. The molecule has 1 aliphatic heterocycles. The molecule has 0 radical (unpaired) electrons. The van der Waals surface area contributed by atoms with E-state index in [4.69, 9.17) is 0 Å². The average molecular weight is 313 g/mol. The Kier molecular flexibility index (Phi) is 4.80. The highest BCUT2D eigenvalue weighted by molar-refractivity contribution is 5.74. The quantitative estimate of drug-likeness (QED) is 0.637. The molecule has 0 aliphatic carbocycles. The van der Waals surface area contributed by atoms with E-state index in [0.717, 1.165) is 31.5 Å². The van der Waals surface area contributed by atoms with E-state index in [1.165, 1.54) is 16.8 Å². The maximum absolute atomic E-state index is 12.0. The summed E-state index contributed by atoms with van der Waals surface area (Å²) in [5.41, 5.74) is 4.72. The number of aromatic amines is 1. The molecule has 0 fully saturated rings. The largest absolute Gasteiger partial charge is 0.383 e. The van der Waals surface area contributed by atoms with Crippen LogP contribution in [0.5, 0.6) is 0 Å². The van der Waals surface area contributed by atoms with Crippen molar-refractivity contribution < 1.29 is 4.79 Å². The minimum Gasteiger partial charge on any atom is -0.383 e. The van der Waals surface area contributed by atoms with Crippen molar-refractivity contribution in [3.63, 3.8) is 0 Å². The van der Waals surface area contributed by atoms with Gasteiger partial charge in [0.1, 0.15) is 0 Å². The lowest BCUT2D eigenvalue weighted by molar-refractivity contribution is 0.237. The highest BCUT2D eigenvalue weighted by Gasteiger charge is 2.19. The Hall–Kier alpha value is -2.50. The van der Waals surface area contributed by atoms with Gasteiger partial charge >= 0.3 is 6.03 Å². The number of hydrogen-bond donors (Lipinski definition) is 4. The van der Waals surface area contributed by atoms with Gasteiger partial charge in [-0.25, -0.2) is 4.79 Å². The second kappa shape index (κ2) is 7.17. The maximum atomic E-state index is 12.0. The summed E-state index contributed by atoms with van der Waals surface area (Å²) in [6.45, 7) is 3.43. The number of nitrogens with zero attached hydrogens (tertiary/aromatic N) is 1. The number of amides is 2. The number of carbonyl (C=O) groups is 1. The van der Waals surface area contributed by atoms with E-state index in [-0.39, 0.29) is 12.1 Å². The summed E-state index contributed by atoms with van der Waals surface area (Å²) in [4.78, 5) is 12.0. The van der Waals surface area contributed by atoms with E-state index < -0.39 is 0 Å². The highest BCUT2D eigenvalue weighted by atomic mass is 16.2. The number of carbonyl (C=O) groups excluding carboxylic acids is 1. The number of rotatable bonds is 5. The predicted molar refractivity (Wildman–Crippen MR) is 90.6 cm³/mol. The van der Waals surface area contributed by atoms with Crippen molar-refractivity contribution in [2.24, 2.45) is 0 Å². The van der Waals surface area contributed by atoms with Crippen molar-refractivity contribution in [1.29, 1.82) is 0 Å². The molecule has 0 saturated heterocycles. The maximum Gasteiger partial charge on any atom is 0.315 e. The summed E-state index contributed by atoms with van der Waals surface area (Å²) in [5.74, 6) is 0. The lowest BCUT2D eigenvalue weighted by Gasteiger charge is -2.26. The van der Waals surface area contributed by atoms with Gasteiger partial charge < -0.3 is 16.0 Å². The number of nitrogens with one attached hydrogen (secondary N) is 4. The third-order valence-corrected chi connectivity index (χ3v) is 4.20. The number of para-hydroxylation sites is 1. The Morgan fingerprint density at radius 1 is 1.39 bits per heavy atom. The number of fused-ring (bicyclic) bond motifs is 1. The number of urea groups is 1. The van der Waals surface area contributed by atoms with Crippen LogP contribution in [0.4, 0.5) is 10.5 Å². The van der Waals surface area contributed by atoms with Gasteiger partial charge in [0.25, 0.3) is 0 Å². The van der Waals surface area contributed by atoms with Crippen LogP contribution in [-0.2, 0) is 12.8 Å². The van der Waals surface area contributed by atoms with Crippen LogP contribution in [0.15, 0.2) is 30.5 Å². The number of aryl methyl sites for hydroxylation is 2. The SMILES string of the molecule is Cc1[nH]ncc1CCCNC(=O)NC1CNc2ccccc2C1. The van der Waals surface area contributed by atoms with Gasteiger partial charge in [0.05, 0.1) is 12.2 Å². The summed E-state index contributed by atoms with van der Waals surface area (Å²) in [7, 11) is 0. The van der Waals surface area contributed by atoms with Gasteiger partial charge in [-0.2, -0.15) is 5.10 Å². The molecule has 2 amide bonds. The van der Waals surface area contributed by atoms with E-state index in [9.17, 15) is 4.79 Å². The molecule has 1 atom stereocenters. The van der Waals surface area contributed by atoms with E-state index in [1.807, 2.05) is 25.3 Å². The monoisotopic (exact) mass is 313 g/mol. The molecule has 0 bridgehead atoms. The van der Waals surface area contributed by atoms with E-state index in [1.54, 1.807) is 0 Å². The van der Waals surface area contributed by atoms with Crippen LogP contribution in [0.25, 0.3) is 0 Å². The van der Waals surface area contributed by atoms with Crippen LogP contribution in [0, 0.1) is 6.92 Å². The first-order valence-corrected chi connectivity index (χ1v) is 8.07. The van der Waals surface area contributed by atoms with Crippen LogP contribution < -0.4 is 16.0 Å². The van der Waals surface area contributed by atoms with Crippen molar-refractivity contribution in [3.8, 4) is 0 Å². The van der Waals surface area contributed by atoms with Crippen molar-refractivity contribution in [1.82, 2.24) is 20.8 Å². The van der Waals surface area contributed by atoms with E-state index in [2.05, 4.69) is 38.3 Å². The molecular weight excluding hydrogens is 290 g/mol. The first-order chi connectivity index (χ1) is 11.2. The van der Waals surface area contributed by atoms with Gasteiger partial charge in [-0.1, -0.05) is 18.2 Å². The molecule has 1 aliphatic rings. The van der Waals surface area contributed by atoms with Gasteiger partial charge in [-0.05, 0) is 43.4 Å². The second-order valence-electron chi connectivity index (χ2n) is 5.96. The molecule has 0 spiro atoms. The third kappa shape index (κ3) is 4.03. The van der Waals surface area contributed by atoms with Crippen LogP contribution in [0.3, 0.4) is 0 Å². The summed E-state index contributed by atoms with van der Waals surface area (Å²) in [6.07, 6.45) is 4.53. The van der Waals surface area contributed by atoms with Gasteiger partial charge in [0.15, 0.2) is 0 Å². The molecule has 23 heavy (non-hydrogen) atoms. The van der Waals surface area contributed by atoms with Crippen molar-refractivity contribution >= 4 is 11.7 Å². The normalized spacial score (nSPS) is 16.3. The minimum absolute atomic E-state index is 0.0971. The van der Waals surface area contributed by atoms with E-state index in [0.29, 0.717) is 6.54 Å². The van der Waals surface area contributed by atoms with Gasteiger partial charge in [-0.3, -0.25) is 5.10 Å². The summed E-state index contributed by atoms with van der Waals surface area (Å²) in [5, 5.41) is 16.2. The molecule has 0 saturated carbocycles. The predicted octanol–water partition coefficient (Wildman–Crippen LogP) is 1.99. The standard InChI is InChI=1S/C17H23N5O/c1-12-14(10-20-22-12)6-4-8-18-17(23)21-15-9-13-5-2-3-7-16(13)19-11-15/h2-3,5,7,10,15,19H,4,6,8-9,11H2,1H3,(H,20,22)(H2,18,21,23). The molecule has 2 aromatic rings. The highest BCUT2D eigenvalue weighted by Crippen LogP contribution is 2.20. The fraction of sp³-hybridized carbons (Fsp3) is 0.412. The van der Waals surface area contributed by atoms with Crippen molar-refractivity contribution in [2.75, 3.05) is 18.4 Å². The zero-order valence-corrected chi connectivity index (χ0v) is 13.4. The molecule has 1 aromatic carbocycles. The Labute approximate surface area is 136 Å². The molecule has 3 rings (SSSR count). The van der Waals surface area contributed by atoms with Gasteiger partial charge in [-0.15, -0.1) is 0 Å². The number of anilines is 1. The Morgan fingerprint density at radius 3 is 3.09 bits per heavy atom. The smallest absolute Gasteiger partial charge is 0.315 e. The number of H-pyrrole nitrogens is 1. The van der Waals surface area contributed by atoms with Crippen LogP contribution >= 0.6 is 0 Å². The molecule has 6 nitrogen and oxygen atoms in total. The molecule has 6 heteroatoms. The molecular formula is C17H23N5O. The van der Waals surface area contributed by atoms with Crippen molar-refractivity contribution in [2.45, 2.75) is 32.2 Å². The van der Waals surface area contributed by atoms with Crippen LogP contribution in [-0.4, -0.2) is 35.4 Å². The first kappa shape index (κ1) is 15.4. The number of aromatic nitrogens is 2. The topological polar surface area (TPSA) is 81.8 Å². The third-order valence-electron chi connectivity index (χ3n) is 4.20. The summed E-state index contributed by atoms with van der Waals surface area (Å²) < 4.78 is 0. The Balaban J connectivity index is 1.38. The van der Waals surface area contributed by atoms with Gasteiger partial charge in [0.2, 0.25) is 0 Å². The van der Waals surface area contributed by atoms with Gasteiger partial charge in [0, 0.05) is 24.5 Å². The molecule has 1 unspecified atom stereocenters. The fourth-order valence-electron chi connectivity index (χ4n) is 2.89. The zero-order chi connectivity index (χ0) is 16.1. The number of benzene rings is 1. The summed E-state index contributed by atoms with van der Waals surface area (Å²) >= 11 is 0. The lowest BCUT2D eigenvalue weighted by atomic mass is 10.00. The Bertz CT molecular complexity index is 667. The van der Waals surface area contributed by atoms with E-state index >= 15 is 0 Å². The minimum atomic E-state index is -0.0971. The molecule has 4 N–H and O–H groups in total.